The second kappa shape index (κ2) is 30.8. The lowest BCUT2D eigenvalue weighted by atomic mass is 10.3. The summed E-state index contributed by atoms with van der Waals surface area (Å²) in [5, 5.41) is 8.29. The normalized spacial score (nSPS) is 10.3. The number of carbonyl (C=O) groups is 3. The first-order valence-electron chi connectivity index (χ1n) is 14.8. The Morgan fingerprint density at radius 1 is 0.591 bits per heavy atom. The summed E-state index contributed by atoms with van der Waals surface area (Å²) in [6.07, 6.45) is 6.96. The average Bonchev–Trinajstić information content (AvgIpc) is 2.95. The van der Waals surface area contributed by atoms with Crippen molar-refractivity contribution in [2.24, 2.45) is 0 Å². The zero-order chi connectivity index (χ0) is 34.5. The van der Waals surface area contributed by atoms with E-state index in [1.807, 2.05) is 0 Å². The van der Waals surface area contributed by atoms with Crippen LogP contribution in [0.25, 0.3) is 0 Å². The molecule has 0 aliphatic carbocycles. The molecule has 0 aromatic carbocycles. The van der Waals surface area contributed by atoms with Gasteiger partial charge in [0.2, 0.25) is 17.7 Å². The number of nitrogens with one attached hydrogen (secondary N) is 3. The van der Waals surface area contributed by atoms with Crippen LogP contribution < -0.4 is 38.1 Å². The standard InChI is InChI=1S/3C10H20N2O.ClH.HO3P/c3*1-5-10(13)11-8-7-9-12(3,4)6-2;;1-4(2)3/h3*5H,1,6-9H2,2-4H3;1H;(H,1,2,3)/p+1. The summed E-state index contributed by atoms with van der Waals surface area (Å²) in [4.78, 5) is 49.3. The molecule has 0 spiro atoms. The van der Waals surface area contributed by atoms with E-state index >= 15 is 0 Å². The number of carbonyl (C=O) groups excluding carboxylic acids is 3. The van der Waals surface area contributed by atoms with E-state index in [0.29, 0.717) is 0 Å². The van der Waals surface area contributed by atoms with Gasteiger partial charge in [0.15, 0.2) is 0 Å². The Morgan fingerprint density at radius 3 is 0.909 bits per heavy atom. The monoisotopic (exact) mass is 669 g/mol. The number of nitrogens with zero attached hydrogens (tertiary/aromatic N) is 3. The molecule has 0 aliphatic heterocycles. The van der Waals surface area contributed by atoms with Crippen molar-refractivity contribution in [1.29, 1.82) is 0 Å². The van der Waals surface area contributed by atoms with Gasteiger partial charge < -0.3 is 51.6 Å². The molecule has 3 N–H and O–H groups in total. The van der Waals surface area contributed by atoms with Crippen LogP contribution in [0.5, 0.6) is 0 Å². The van der Waals surface area contributed by atoms with E-state index in [0.717, 1.165) is 91.6 Å². The minimum absolute atomic E-state index is 0. The van der Waals surface area contributed by atoms with E-state index in [1.165, 1.54) is 18.2 Å². The molecule has 260 valence electrons. The Kier molecular flexibility index (Phi) is 36.0. The van der Waals surface area contributed by atoms with Gasteiger partial charge >= 0.3 is 0 Å². The maximum atomic E-state index is 10.8. The van der Waals surface area contributed by atoms with Gasteiger partial charge in [0.1, 0.15) is 0 Å². The maximum Gasteiger partial charge on any atom is 0.276 e. The molecule has 0 unspecified atom stereocenters. The van der Waals surface area contributed by atoms with Crippen molar-refractivity contribution in [3.8, 4) is 0 Å². The van der Waals surface area contributed by atoms with Crippen molar-refractivity contribution in [3.05, 3.63) is 38.0 Å². The summed E-state index contributed by atoms with van der Waals surface area (Å²) in [5.41, 5.74) is 0. The Morgan fingerprint density at radius 2 is 0.773 bits per heavy atom. The Balaban J connectivity index is -0.000000161. The highest BCUT2D eigenvalue weighted by Gasteiger charge is 2.12. The van der Waals surface area contributed by atoms with E-state index in [1.54, 1.807) is 0 Å². The molecule has 0 saturated carbocycles. The molecule has 14 heteroatoms. The van der Waals surface area contributed by atoms with E-state index in [9.17, 15) is 14.4 Å². The molecule has 0 aromatic rings. The lowest BCUT2D eigenvalue weighted by Crippen LogP contribution is -3.00. The zero-order valence-corrected chi connectivity index (χ0v) is 30.6. The number of halogens is 1. The van der Waals surface area contributed by atoms with Crippen LogP contribution in [0, 0.1) is 0 Å². The minimum Gasteiger partial charge on any atom is -1.00 e. The molecule has 0 rings (SSSR count). The molecule has 0 radical (unpaired) electrons. The smallest absolute Gasteiger partial charge is 0.276 e. The van der Waals surface area contributed by atoms with Crippen LogP contribution in [-0.2, 0) is 18.9 Å². The van der Waals surface area contributed by atoms with Crippen LogP contribution in [0.3, 0.4) is 0 Å². The first kappa shape index (κ1) is 51.4. The second-order valence-electron chi connectivity index (χ2n) is 11.7. The first-order chi connectivity index (χ1) is 19.8. The SMILES string of the molecule is C=CC(=O)NCCC[N+](C)(C)CC.C=CC(=O)NCCC[N+](C)(C)CC.C=CC(=O)NCCC[N+](C)(C)CC.O=[P+]([O-])[O-].[Cl-]. The summed E-state index contributed by atoms with van der Waals surface area (Å²) in [6, 6.07) is 0. The third-order valence-corrected chi connectivity index (χ3v) is 6.84. The lowest BCUT2D eigenvalue weighted by molar-refractivity contribution is -0.888. The van der Waals surface area contributed by atoms with Gasteiger partial charge in [-0.05, 0) is 39.0 Å². The third kappa shape index (κ3) is 44.3. The lowest BCUT2D eigenvalue weighted by Gasteiger charge is -2.28. The molecule has 0 saturated heterocycles. The fourth-order valence-corrected chi connectivity index (χ4v) is 2.85. The average molecular weight is 670 g/mol. The summed E-state index contributed by atoms with van der Waals surface area (Å²) >= 11 is 0. The molecule has 0 heterocycles. The van der Waals surface area contributed by atoms with E-state index in [4.69, 9.17) is 14.4 Å². The molecule has 0 aromatic heterocycles. The summed E-state index contributed by atoms with van der Waals surface area (Å²) in [5.74, 6) is -0.245. The molecule has 0 bridgehead atoms. The molecule has 0 atom stereocenters. The number of quaternary nitrogens is 3. The Labute approximate surface area is 275 Å². The molecular weight excluding hydrogens is 607 g/mol. The van der Waals surface area contributed by atoms with Gasteiger partial charge in [-0.25, -0.2) is 0 Å². The number of hydrogen-bond donors (Lipinski definition) is 3. The zero-order valence-electron chi connectivity index (χ0n) is 29.0. The number of hydrogen-bond acceptors (Lipinski definition) is 6. The van der Waals surface area contributed by atoms with Crippen LogP contribution in [0.1, 0.15) is 40.0 Å². The topological polar surface area (TPSA) is 150 Å². The van der Waals surface area contributed by atoms with Crippen molar-refractivity contribution in [2.75, 3.05) is 101 Å². The van der Waals surface area contributed by atoms with Crippen LogP contribution >= 0.6 is 8.25 Å². The highest BCUT2D eigenvalue weighted by molar-refractivity contribution is 7.27. The molecule has 0 fully saturated rings. The van der Waals surface area contributed by atoms with Gasteiger partial charge in [-0.15, -0.1) is 0 Å². The van der Waals surface area contributed by atoms with Crippen LogP contribution in [0.2, 0.25) is 0 Å². The largest absolute Gasteiger partial charge is 1.00 e. The summed E-state index contributed by atoms with van der Waals surface area (Å²) < 4.78 is 11.5. The van der Waals surface area contributed by atoms with Crippen molar-refractivity contribution in [1.82, 2.24) is 16.0 Å². The van der Waals surface area contributed by atoms with Gasteiger partial charge in [0.25, 0.3) is 8.25 Å². The summed E-state index contributed by atoms with van der Waals surface area (Å²) in [6.45, 7) is 25.5. The van der Waals surface area contributed by atoms with Crippen molar-refractivity contribution >= 4 is 26.0 Å². The second-order valence-corrected chi connectivity index (χ2v) is 12.1. The van der Waals surface area contributed by atoms with Crippen LogP contribution in [0.4, 0.5) is 0 Å². The molecule has 0 aliphatic rings. The fraction of sp³-hybridized carbons (Fsp3) is 0.700. The highest BCUT2D eigenvalue weighted by Crippen LogP contribution is 1.98. The molecule has 3 amide bonds. The number of amides is 3. The molecule has 12 nitrogen and oxygen atoms in total. The minimum atomic E-state index is -3.37. The quantitative estimate of drug-likeness (QED) is 0.0647. The van der Waals surface area contributed by atoms with Gasteiger partial charge in [0, 0.05) is 38.9 Å². The Hall–Kier alpha value is -2.18. The number of rotatable bonds is 18. The molecule has 44 heavy (non-hydrogen) atoms. The predicted molar refractivity (Wildman–Crippen MR) is 174 cm³/mol. The predicted octanol–water partition coefficient (Wildman–Crippen LogP) is -2.31. The van der Waals surface area contributed by atoms with E-state index in [2.05, 4.69) is 98.7 Å². The summed E-state index contributed by atoms with van der Waals surface area (Å²) in [7, 11) is 9.77. The van der Waals surface area contributed by atoms with E-state index in [-0.39, 0.29) is 30.1 Å². The molecular formula is C30H63ClN6O6P+. The van der Waals surface area contributed by atoms with E-state index < -0.39 is 8.25 Å². The van der Waals surface area contributed by atoms with Gasteiger partial charge in [-0.3, -0.25) is 14.4 Å². The van der Waals surface area contributed by atoms with Gasteiger partial charge in [-0.2, -0.15) is 0 Å². The highest BCUT2D eigenvalue weighted by atomic mass is 35.5. The first-order valence-corrected chi connectivity index (χ1v) is 15.9. The van der Waals surface area contributed by atoms with Crippen LogP contribution in [0.15, 0.2) is 38.0 Å². The van der Waals surface area contributed by atoms with Gasteiger partial charge in [0.05, 0.1) is 81.6 Å². The maximum absolute atomic E-state index is 10.8. The van der Waals surface area contributed by atoms with Gasteiger partial charge in [-0.1, -0.05) is 24.3 Å². The van der Waals surface area contributed by atoms with Crippen molar-refractivity contribution in [2.45, 2.75) is 40.0 Å². The Bertz CT molecular complexity index is 727. The van der Waals surface area contributed by atoms with Crippen LogP contribution in [-0.4, -0.2) is 132 Å². The third-order valence-electron chi connectivity index (χ3n) is 6.84. The van der Waals surface area contributed by atoms with Crippen molar-refractivity contribution < 1.29 is 54.6 Å². The fourth-order valence-electron chi connectivity index (χ4n) is 2.85. The van der Waals surface area contributed by atoms with Crippen molar-refractivity contribution in [3.63, 3.8) is 0 Å².